The topological polar surface area (TPSA) is 57.6 Å². The van der Waals surface area contributed by atoms with E-state index in [9.17, 15) is 0 Å². The number of allylic oxidation sites excluding steroid dienone is 1. The van der Waals surface area contributed by atoms with Gasteiger partial charge in [0, 0.05) is 19.6 Å². The molecule has 1 aromatic carbocycles. The highest BCUT2D eigenvalue weighted by molar-refractivity contribution is 7.71. The van der Waals surface area contributed by atoms with Crippen LogP contribution in [0.3, 0.4) is 0 Å². The zero-order valence-corrected chi connectivity index (χ0v) is 18.4. The molecule has 158 valence electrons. The van der Waals surface area contributed by atoms with E-state index < -0.39 is 0 Å². The molecule has 0 fully saturated rings. The Hall–Kier alpha value is -2.84. The molecule has 1 aliphatic rings. The summed E-state index contributed by atoms with van der Waals surface area (Å²) in [4.78, 5) is 2.33. The van der Waals surface area contributed by atoms with Crippen molar-refractivity contribution in [3.8, 4) is 22.9 Å². The molecule has 0 unspecified atom stereocenters. The molecule has 7 nitrogen and oxygen atoms in total. The van der Waals surface area contributed by atoms with Crippen LogP contribution in [0.15, 0.2) is 41.5 Å². The second-order valence-corrected chi connectivity index (χ2v) is 7.68. The van der Waals surface area contributed by atoms with E-state index in [-0.39, 0.29) is 0 Å². The third-order valence-electron chi connectivity index (χ3n) is 5.47. The molecule has 0 spiro atoms. The number of fused-ring (bicyclic) bond motifs is 1. The van der Waals surface area contributed by atoms with Crippen LogP contribution in [0.2, 0.25) is 0 Å². The number of benzene rings is 1. The smallest absolute Gasteiger partial charge is 0.199 e. The summed E-state index contributed by atoms with van der Waals surface area (Å²) in [7, 11) is 3.33. The molecule has 3 heterocycles. The van der Waals surface area contributed by atoms with Crippen LogP contribution < -0.4 is 9.47 Å². The number of aryl methyl sites for hydroxylation is 1. The fraction of sp³-hybridized carbons (Fsp3) is 0.364. The highest BCUT2D eigenvalue weighted by Gasteiger charge is 2.22. The minimum atomic E-state index is 0.596. The maximum atomic E-state index is 5.74. The third kappa shape index (κ3) is 3.68. The van der Waals surface area contributed by atoms with Gasteiger partial charge in [-0.25, -0.2) is 4.68 Å². The largest absolute Gasteiger partial charge is 0.493 e. The molecular formula is C22H26N4O3S. The zero-order valence-electron chi connectivity index (χ0n) is 17.6. The molecule has 30 heavy (non-hydrogen) atoms. The quantitative estimate of drug-likeness (QED) is 0.417. The van der Waals surface area contributed by atoms with Gasteiger partial charge in [-0.05, 0) is 54.9 Å². The number of hydrogen-bond acceptors (Lipinski definition) is 6. The lowest BCUT2D eigenvalue weighted by atomic mass is 9.99. The van der Waals surface area contributed by atoms with E-state index in [4.69, 9.17) is 31.2 Å². The highest BCUT2D eigenvalue weighted by atomic mass is 32.1. The van der Waals surface area contributed by atoms with Gasteiger partial charge in [-0.3, -0.25) is 9.47 Å². The minimum Gasteiger partial charge on any atom is -0.493 e. The van der Waals surface area contributed by atoms with E-state index in [1.165, 1.54) is 11.1 Å². The maximum absolute atomic E-state index is 5.74. The van der Waals surface area contributed by atoms with Crippen LogP contribution in [0.4, 0.5) is 0 Å². The summed E-state index contributed by atoms with van der Waals surface area (Å²) in [5.41, 5.74) is 3.48. The Kier molecular flexibility index (Phi) is 5.78. The van der Waals surface area contributed by atoms with Crippen molar-refractivity contribution >= 4 is 12.2 Å². The summed E-state index contributed by atoms with van der Waals surface area (Å²) in [5, 5.41) is 4.82. The second kappa shape index (κ2) is 8.49. The van der Waals surface area contributed by atoms with Crippen LogP contribution in [0.25, 0.3) is 11.4 Å². The number of hydrogen-bond donors (Lipinski definition) is 0. The molecule has 0 N–H and O–H groups in total. The van der Waals surface area contributed by atoms with Crippen LogP contribution in [-0.4, -0.2) is 40.0 Å². The number of ether oxygens (including phenoxy) is 2. The van der Waals surface area contributed by atoms with Crippen LogP contribution >= 0.6 is 12.2 Å². The number of nitrogens with zero attached hydrogens (tertiary/aromatic N) is 4. The number of aromatic nitrogens is 3. The molecule has 0 aliphatic carbocycles. The van der Waals surface area contributed by atoms with Crippen LogP contribution in [0, 0.1) is 11.7 Å². The van der Waals surface area contributed by atoms with Gasteiger partial charge >= 0.3 is 0 Å². The van der Waals surface area contributed by atoms with Crippen molar-refractivity contribution in [1.82, 2.24) is 19.2 Å². The van der Waals surface area contributed by atoms with Crippen molar-refractivity contribution in [3.05, 3.63) is 58.8 Å². The number of methoxy groups -OCH3 is 2. The molecular weight excluding hydrogens is 400 g/mol. The van der Waals surface area contributed by atoms with Gasteiger partial charge in [-0.2, -0.15) is 5.10 Å². The first-order valence-electron chi connectivity index (χ1n) is 9.84. The van der Waals surface area contributed by atoms with Crippen molar-refractivity contribution in [1.29, 1.82) is 0 Å². The fourth-order valence-electron chi connectivity index (χ4n) is 3.89. The SMILES string of the molecule is C=CCn1c(-c2ccoc2C)nn(CN2CCc3cc(OC)c(OC)cc3C2)c1=S. The van der Waals surface area contributed by atoms with E-state index in [2.05, 4.69) is 23.6 Å². The first-order chi connectivity index (χ1) is 14.5. The summed E-state index contributed by atoms with van der Waals surface area (Å²) >= 11 is 5.74. The van der Waals surface area contributed by atoms with E-state index in [1.807, 2.05) is 28.3 Å². The standard InChI is InChI=1S/C22H26N4O3S/c1-5-8-25-21(18-7-10-29-15(18)2)23-26(22(25)30)14-24-9-6-16-11-19(27-3)20(28-4)12-17(16)13-24/h5,7,10-12H,1,6,8-9,13-14H2,2-4H3. The Bertz CT molecular complexity index is 1130. The van der Waals surface area contributed by atoms with Crippen molar-refractivity contribution < 1.29 is 13.9 Å². The number of furan rings is 1. The zero-order chi connectivity index (χ0) is 21.3. The molecule has 1 aliphatic heterocycles. The fourth-order valence-corrected chi connectivity index (χ4v) is 4.15. The molecule has 4 rings (SSSR count). The Balaban J connectivity index is 1.62. The predicted octanol–water partition coefficient (Wildman–Crippen LogP) is 4.20. The van der Waals surface area contributed by atoms with Crippen molar-refractivity contribution in [2.24, 2.45) is 0 Å². The van der Waals surface area contributed by atoms with E-state index in [1.54, 1.807) is 20.5 Å². The Morgan fingerprint density at radius 3 is 2.60 bits per heavy atom. The normalized spacial score (nSPS) is 13.8. The summed E-state index contributed by atoms with van der Waals surface area (Å²) in [6.45, 7) is 8.71. The Labute approximate surface area is 181 Å². The third-order valence-corrected chi connectivity index (χ3v) is 5.90. The van der Waals surface area contributed by atoms with E-state index >= 15 is 0 Å². The van der Waals surface area contributed by atoms with Gasteiger partial charge in [0.2, 0.25) is 0 Å². The van der Waals surface area contributed by atoms with E-state index in [0.29, 0.717) is 18.0 Å². The molecule has 0 atom stereocenters. The lowest BCUT2D eigenvalue weighted by Gasteiger charge is -2.29. The maximum Gasteiger partial charge on any atom is 0.199 e. The molecule has 2 aromatic heterocycles. The monoisotopic (exact) mass is 426 g/mol. The summed E-state index contributed by atoms with van der Waals surface area (Å²) in [5.74, 6) is 3.15. The second-order valence-electron chi connectivity index (χ2n) is 7.32. The average Bonchev–Trinajstić information content (AvgIpc) is 3.31. The van der Waals surface area contributed by atoms with Gasteiger partial charge in [-0.1, -0.05) is 6.08 Å². The molecule has 0 radical (unpaired) electrons. The van der Waals surface area contributed by atoms with Gasteiger partial charge in [0.25, 0.3) is 0 Å². The van der Waals surface area contributed by atoms with Gasteiger partial charge in [0.05, 0.1) is 32.7 Å². The highest BCUT2D eigenvalue weighted by Crippen LogP contribution is 2.33. The van der Waals surface area contributed by atoms with Crippen molar-refractivity contribution in [2.75, 3.05) is 20.8 Å². The first-order valence-corrected chi connectivity index (χ1v) is 10.3. The van der Waals surface area contributed by atoms with Crippen LogP contribution in [-0.2, 0) is 26.2 Å². The Morgan fingerprint density at radius 1 is 1.23 bits per heavy atom. The lowest BCUT2D eigenvalue weighted by Crippen LogP contribution is -2.33. The van der Waals surface area contributed by atoms with Gasteiger partial charge in [-0.15, -0.1) is 6.58 Å². The average molecular weight is 427 g/mol. The molecule has 0 saturated carbocycles. The predicted molar refractivity (Wildman–Crippen MR) is 117 cm³/mol. The number of rotatable bonds is 7. The molecule has 0 bridgehead atoms. The first kappa shape index (κ1) is 20.4. The Morgan fingerprint density at radius 2 is 1.97 bits per heavy atom. The summed E-state index contributed by atoms with van der Waals surface area (Å²) in [6, 6.07) is 6.07. The molecule has 3 aromatic rings. The van der Waals surface area contributed by atoms with Crippen LogP contribution in [0.5, 0.6) is 11.5 Å². The summed E-state index contributed by atoms with van der Waals surface area (Å²) < 4.78 is 20.9. The lowest BCUT2D eigenvalue weighted by molar-refractivity contribution is 0.187. The minimum absolute atomic E-state index is 0.596. The van der Waals surface area contributed by atoms with Crippen molar-refractivity contribution in [3.63, 3.8) is 0 Å². The van der Waals surface area contributed by atoms with Crippen LogP contribution in [0.1, 0.15) is 16.9 Å². The van der Waals surface area contributed by atoms with Gasteiger partial charge < -0.3 is 13.9 Å². The molecule has 0 saturated heterocycles. The van der Waals surface area contributed by atoms with Crippen molar-refractivity contribution in [2.45, 2.75) is 33.1 Å². The molecule has 8 heteroatoms. The van der Waals surface area contributed by atoms with Gasteiger partial charge in [0.1, 0.15) is 5.76 Å². The van der Waals surface area contributed by atoms with Gasteiger partial charge in [0.15, 0.2) is 22.1 Å². The summed E-state index contributed by atoms with van der Waals surface area (Å²) in [6.07, 6.45) is 4.44. The molecule has 0 amide bonds. The van der Waals surface area contributed by atoms with E-state index in [0.717, 1.165) is 48.2 Å².